The van der Waals surface area contributed by atoms with Crippen LogP contribution < -0.4 is 5.73 Å². The molecule has 1 aliphatic carbocycles. The van der Waals surface area contributed by atoms with Crippen molar-refractivity contribution in [3.63, 3.8) is 0 Å². The molecule has 0 spiro atoms. The molecule has 0 aromatic rings. The highest BCUT2D eigenvalue weighted by atomic mass is 16.3. The molecule has 0 aliphatic heterocycles. The first-order valence-electron chi connectivity index (χ1n) is 4.64. The molecule has 0 atom stereocenters. The topological polar surface area (TPSA) is 46.2 Å². The van der Waals surface area contributed by atoms with Gasteiger partial charge < -0.3 is 10.8 Å². The average molecular weight is 157 g/mol. The van der Waals surface area contributed by atoms with E-state index in [9.17, 15) is 0 Å². The minimum Gasteiger partial charge on any atom is -0.396 e. The smallest absolute Gasteiger partial charge is 0.0436 e. The van der Waals surface area contributed by atoms with Gasteiger partial charge in [-0.3, -0.25) is 0 Å². The Kier molecular flexibility index (Phi) is 3.34. The van der Waals surface area contributed by atoms with Gasteiger partial charge in [-0.2, -0.15) is 0 Å². The summed E-state index contributed by atoms with van der Waals surface area (Å²) in [4.78, 5) is 0. The van der Waals surface area contributed by atoms with E-state index in [1.54, 1.807) is 0 Å². The van der Waals surface area contributed by atoms with Crippen molar-refractivity contribution in [3.8, 4) is 0 Å². The fraction of sp³-hybridized carbons (Fsp3) is 1.00. The van der Waals surface area contributed by atoms with Crippen LogP contribution in [-0.4, -0.2) is 18.3 Å². The SMILES string of the molecule is NCCC1(CCO)CCCC1. The van der Waals surface area contributed by atoms with Gasteiger partial charge in [-0.1, -0.05) is 12.8 Å². The third-order valence-corrected chi connectivity index (χ3v) is 2.98. The molecule has 1 saturated carbocycles. The van der Waals surface area contributed by atoms with Gasteiger partial charge in [-0.25, -0.2) is 0 Å². The first-order chi connectivity index (χ1) is 5.33. The Morgan fingerprint density at radius 2 is 1.82 bits per heavy atom. The average Bonchev–Trinajstić information content (AvgIpc) is 2.39. The zero-order valence-electron chi connectivity index (χ0n) is 7.18. The van der Waals surface area contributed by atoms with Gasteiger partial charge in [0.2, 0.25) is 0 Å². The van der Waals surface area contributed by atoms with E-state index in [1.807, 2.05) is 0 Å². The molecule has 0 radical (unpaired) electrons. The summed E-state index contributed by atoms with van der Waals surface area (Å²) in [6.45, 7) is 1.11. The summed E-state index contributed by atoms with van der Waals surface area (Å²) in [5, 5.41) is 8.88. The Bertz CT molecular complexity index is 100. The molecule has 66 valence electrons. The van der Waals surface area contributed by atoms with Crippen molar-refractivity contribution < 1.29 is 5.11 Å². The molecule has 1 fully saturated rings. The summed E-state index contributed by atoms with van der Waals surface area (Å²) in [7, 11) is 0. The minimum absolute atomic E-state index is 0.333. The molecule has 0 aromatic carbocycles. The third kappa shape index (κ3) is 2.17. The van der Waals surface area contributed by atoms with Gasteiger partial charge in [0.25, 0.3) is 0 Å². The molecule has 0 bridgehead atoms. The van der Waals surface area contributed by atoms with Crippen molar-refractivity contribution in [3.05, 3.63) is 0 Å². The van der Waals surface area contributed by atoms with E-state index < -0.39 is 0 Å². The van der Waals surface area contributed by atoms with Gasteiger partial charge in [-0.15, -0.1) is 0 Å². The lowest BCUT2D eigenvalue weighted by molar-refractivity contribution is 0.176. The fourth-order valence-electron chi connectivity index (χ4n) is 2.29. The second-order valence-corrected chi connectivity index (χ2v) is 3.72. The zero-order chi connectivity index (χ0) is 8.16. The Labute approximate surface area is 68.8 Å². The van der Waals surface area contributed by atoms with Crippen molar-refractivity contribution in [1.82, 2.24) is 0 Å². The predicted molar refractivity (Wildman–Crippen MR) is 46.3 cm³/mol. The van der Waals surface area contributed by atoms with Crippen molar-refractivity contribution in [2.45, 2.75) is 38.5 Å². The van der Waals surface area contributed by atoms with E-state index in [1.165, 1.54) is 25.7 Å². The van der Waals surface area contributed by atoms with Gasteiger partial charge in [0.1, 0.15) is 0 Å². The van der Waals surface area contributed by atoms with Crippen molar-refractivity contribution in [1.29, 1.82) is 0 Å². The minimum atomic E-state index is 0.333. The maximum atomic E-state index is 8.88. The monoisotopic (exact) mass is 157 g/mol. The predicted octanol–water partition coefficient (Wildman–Crippen LogP) is 1.28. The van der Waals surface area contributed by atoms with Crippen LogP contribution in [0.3, 0.4) is 0 Å². The van der Waals surface area contributed by atoms with Crippen LogP contribution in [0.1, 0.15) is 38.5 Å². The third-order valence-electron chi connectivity index (χ3n) is 2.98. The van der Waals surface area contributed by atoms with Gasteiger partial charge in [-0.05, 0) is 37.6 Å². The van der Waals surface area contributed by atoms with E-state index in [2.05, 4.69) is 0 Å². The van der Waals surface area contributed by atoms with Gasteiger partial charge in [0, 0.05) is 6.61 Å². The normalized spacial score (nSPS) is 22.4. The van der Waals surface area contributed by atoms with Crippen molar-refractivity contribution >= 4 is 0 Å². The van der Waals surface area contributed by atoms with Crippen LogP contribution in [-0.2, 0) is 0 Å². The van der Waals surface area contributed by atoms with Crippen LogP contribution in [0.25, 0.3) is 0 Å². The summed E-state index contributed by atoms with van der Waals surface area (Å²) in [6, 6.07) is 0. The molecular weight excluding hydrogens is 138 g/mol. The number of aliphatic hydroxyl groups is 1. The van der Waals surface area contributed by atoms with Crippen LogP contribution in [0.2, 0.25) is 0 Å². The van der Waals surface area contributed by atoms with E-state index in [4.69, 9.17) is 10.8 Å². The second-order valence-electron chi connectivity index (χ2n) is 3.72. The Morgan fingerprint density at radius 3 is 2.27 bits per heavy atom. The van der Waals surface area contributed by atoms with E-state index in [0.29, 0.717) is 12.0 Å². The summed E-state index contributed by atoms with van der Waals surface area (Å²) in [6.07, 6.45) is 7.30. The van der Waals surface area contributed by atoms with E-state index >= 15 is 0 Å². The second kappa shape index (κ2) is 4.07. The highest BCUT2D eigenvalue weighted by Gasteiger charge is 2.31. The summed E-state index contributed by atoms with van der Waals surface area (Å²) in [5.74, 6) is 0. The first-order valence-corrected chi connectivity index (χ1v) is 4.64. The molecule has 1 aliphatic rings. The maximum absolute atomic E-state index is 8.88. The Hall–Kier alpha value is -0.0800. The molecule has 0 aromatic heterocycles. The van der Waals surface area contributed by atoms with Crippen LogP contribution in [0.15, 0.2) is 0 Å². The molecule has 3 N–H and O–H groups in total. The maximum Gasteiger partial charge on any atom is 0.0436 e. The zero-order valence-corrected chi connectivity index (χ0v) is 7.18. The molecule has 0 unspecified atom stereocenters. The van der Waals surface area contributed by atoms with Crippen LogP contribution in [0.4, 0.5) is 0 Å². The molecule has 0 saturated heterocycles. The molecule has 0 amide bonds. The quantitative estimate of drug-likeness (QED) is 0.645. The highest BCUT2D eigenvalue weighted by Crippen LogP contribution is 2.43. The Morgan fingerprint density at radius 1 is 1.18 bits per heavy atom. The lowest BCUT2D eigenvalue weighted by Gasteiger charge is -2.27. The van der Waals surface area contributed by atoms with Crippen LogP contribution in [0, 0.1) is 5.41 Å². The summed E-state index contributed by atoms with van der Waals surface area (Å²) in [5.41, 5.74) is 5.96. The van der Waals surface area contributed by atoms with Crippen molar-refractivity contribution in [2.75, 3.05) is 13.2 Å². The van der Waals surface area contributed by atoms with Gasteiger partial charge in [0.05, 0.1) is 0 Å². The highest BCUT2D eigenvalue weighted by molar-refractivity contribution is 4.84. The van der Waals surface area contributed by atoms with Gasteiger partial charge in [0.15, 0.2) is 0 Å². The Balaban J connectivity index is 2.40. The number of hydrogen-bond donors (Lipinski definition) is 2. The number of rotatable bonds is 4. The van der Waals surface area contributed by atoms with E-state index in [-0.39, 0.29) is 0 Å². The molecular formula is C9H19NO. The standard InChI is InChI=1S/C9H19NO/c10-7-5-9(6-8-11)3-1-2-4-9/h11H,1-8,10H2. The molecule has 2 nitrogen and oxygen atoms in total. The fourth-order valence-corrected chi connectivity index (χ4v) is 2.29. The van der Waals surface area contributed by atoms with E-state index in [0.717, 1.165) is 19.4 Å². The number of nitrogens with two attached hydrogens (primary N) is 1. The largest absolute Gasteiger partial charge is 0.396 e. The molecule has 11 heavy (non-hydrogen) atoms. The van der Waals surface area contributed by atoms with Crippen LogP contribution in [0.5, 0.6) is 0 Å². The summed E-state index contributed by atoms with van der Waals surface area (Å²) >= 11 is 0. The number of hydrogen-bond acceptors (Lipinski definition) is 2. The molecule has 2 heteroatoms. The van der Waals surface area contributed by atoms with Gasteiger partial charge >= 0.3 is 0 Å². The number of aliphatic hydroxyl groups excluding tert-OH is 1. The first kappa shape index (κ1) is 9.01. The van der Waals surface area contributed by atoms with Crippen molar-refractivity contribution in [2.24, 2.45) is 11.1 Å². The lowest BCUT2D eigenvalue weighted by Crippen LogP contribution is -2.22. The van der Waals surface area contributed by atoms with Crippen LogP contribution >= 0.6 is 0 Å². The molecule has 1 rings (SSSR count). The lowest BCUT2D eigenvalue weighted by atomic mass is 9.80. The summed E-state index contributed by atoms with van der Waals surface area (Å²) < 4.78 is 0. The molecule has 0 heterocycles.